The summed E-state index contributed by atoms with van der Waals surface area (Å²) in [4.78, 5) is 23.0. The summed E-state index contributed by atoms with van der Waals surface area (Å²) < 4.78 is 17.2. The highest BCUT2D eigenvalue weighted by Crippen LogP contribution is 2.34. The van der Waals surface area contributed by atoms with E-state index >= 15 is 0 Å². The first-order valence-electron chi connectivity index (χ1n) is 7.81. The molecule has 0 aliphatic carbocycles. The molecule has 1 N–H and O–H groups in total. The summed E-state index contributed by atoms with van der Waals surface area (Å²) in [5, 5.41) is 2.70. The van der Waals surface area contributed by atoms with Crippen molar-refractivity contribution >= 4 is 33.3 Å². The highest BCUT2D eigenvalue weighted by atomic mass is 79.9. The van der Waals surface area contributed by atoms with E-state index in [2.05, 4.69) is 21.2 Å². The number of anilines is 1. The Morgan fingerprint density at radius 1 is 1.00 bits per heavy atom. The van der Waals surface area contributed by atoms with Gasteiger partial charge in [-0.2, -0.15) is 0 Å². The molecule has 0 unspecified atom stereocenters. The molecule has 1 amide bonds. The minimum Gasteiger partial charge on any atom is -0.493 e. The molecule has 0 aliphatic heterocycles. The second-order valence-corrected chi connectivity index (χ2v) is 6.39. The normalized spacial score (nSPS) is 10.2. The summed E-state index contributed by atoms with van der Waals surface area (Å²) in [6.45, 7) is 3.09. The summed E-state index contributed by atoms with van der Waals surface area (Å²) >= 11 is 3.48. The van der Waals surface area contributed by atoms with Crippen LogP contribution in [0.1, 0.15) is 29.8 Å². The monoisotopic (exact) mass is 421 g/mol. The number of nitrogens with one attached hydrogen (secondary N) is 1. The Kier molecular flexibility index (Phi) is 6.63. The predicted octanol–water partition coefficient (Wildman–Crippen LogP) is 4.21. The van der Waals surface area contributed by atoms with Crippen LogP contribution in [0, 0.1) is 0 Å². The van der Waals surface area contributed by atoms with Crippen molar-refractivity contribution in [2.75, 3.05) is 19.5 Å². The number of carbonyl (C=O) groups is 2. The molecule has 0 bridgehead atoms. The highest BCUT2D eigenvalue weighted by molar-refractivity contribution is 9.10. The zero-order valence-electron chi connectivity index (χ0n) is 15.0. The number of carbonyl (C=O) groups excluding carboxylic acids is 2. The van der Waals surface area contributed by atoms with Gasteiger partial charge in [0, 0.05) is 22.5 Å². The molecule has 6 nitrogen and oxygen atoms in total. The Morgan fingerprint density at radius 3 is 2.23 bits per heavy atom. The first-order chi connectivity index (χ1) is 12.3. The number of benzene rings is 2. The number of ketones is 1. The molecule has 138 valence electrons. The van der Waals surface area contributed by atoms with Crippen molar-refractivity contribution in [1.29, 1.82) is 0 Å². The number of amides is 1. The van der Waals surface area contributed by atoms with Crippen molar-refractivity contribution in [3.05, 3.63) is 45.9 Å². The van der Waals surface area contributed by atoms with Gasteiger partial charge in [0.25, 0.3) is 0 Å². The van der Waals surface area contributed by atoms with Crippen molar-refractivity contribution in [3.8, 4) is 17.2 Å². The Bertz CT molecular complexity index is 835. The van der Waals surface area contributed by atoms with Crippen LogP contribution in [-0.4, -0.2) is 25.9 Å². The number of ether oxygens (including phenoxy) is 3. The molecule has 7 heteroatoms. The second-order valence-electron chi connectivity index (χ2n) is 5.54. The van der Waals surface area contributed by atoms with Crippen LogP contribution in [0.5, 0.6) is 17.2 Å². The largest absolute Gasteiger partial charge is 0.493 e. The van der Waals surface area contributed by atoms with E-state index < -0.39 is 0 Å². The topological polar surface area (TPSA) is 73.9 Å². The fourth-order valence-corrected chi connectivity index (χ4v) is 2.75. The van der Waals surface area contributed by atoms with E-state index in [1.807, 2.05) is 0 Å². The van der Waals surface area contributed by atoms with E-state index in [0.717, 1.165) is 10.0 Å². The third-order valence-corrected chi connectivity index (χ3v) is 4.37. The van der Waals surface area contributed by atoms with Gasteiger partial charge in [-0.25, -0.2) is 0 Å². The number of methoxy groups -OCH3 is 2. The maximum atomic E-state index is 11.6. The van der Waals surface area contributed by atoms with Crippen molar-refractivity contribution in [1.82, 2.24) is 0 Å². The van der Waals surface area contributed by atoms with E-state index in [1.165, 1.54) is 13.8 Å². The van der Waals surface area contributed by atoms with Gasteiger partial charge in [-0.05, 0) is 37.3 Å². The summed E-state index contributed by atoms with van der Waals surface area (Å²) in [6, 6.07) is 8.50. The average molecular weight is 422 g/mol. The summed E-state index contributed by atoms with van der Waals surface area (Å²) in [7, 11) is 3.12. The molecule has 0 spiro atoms. The summed E-state index contributed by atoms with van der Waals surface area (Å²) in [5.74, 6) is 1.28. The minimum atomic E-state index is -0.224. The van der Waals surface area contributed by atoms with Gasteiger partial charge in [0.2, 0.25) is 5.91 Å². The molecule has 0 atom stereocenters. The van der Waals surface area contributed by atoms with E-state index in [-0.39, 0.29) is 18.3 Å². The Morgan fingerprint density at radius 2 is 1.65 bits per heavy atom. The number of Topliss-reactive ketones (excluding diaryl/α,β-unsaturated/α-hetero) is 1. The first-order valence-corrected chi connectivity index (χ1v) is 8.60. The van der Waals surface area contributed by atoms with Crippen molar-refractivity contribution in [2.45, 2.75) is 20.5 Å². The summed E-state index contributed by atoms with van der Waals surface area (Å²) in [5.41, 5.74) is 1.82. The number of halogens is 1. The van der Waals surface area contributed by atoms with Crippen LogP contribution in [0.2, 0.25) is 0 Å². The van der Waals surface area contributed by atoms with E-state index in [4.69, 9.17) is 14.2 Å². The van der Waals surface area contributed by atoms with Crippen LogP contribution in [0.25, 0.3) is 0 Å². The van der Waals surface area contributed by atoms with Gasteiger partial charge in [0.1, 0.15) is 12.4 Å². The third-order valence-electron chi connectivity index (χ3n) is 3.63. The van der Waals surface area contributed by atoms with Crippen molar-refractivity contribution in [3.63, 3.8) is 0 Å². The van der Waals surface area contributed by atoms with Crippen LogP contribution < -0.4 is 19.5 Å². The lowest BCUT2D eigenvalue weighted by Gasteiger charge is -2.15. The lowest BCUT2D eigenvalue weighted by Crippen LogP contribution is -2.09. The molecule has 0 radical (unpaired) electrons. The SMILES string of the molecule is COc1cc(Br)c(COc2cc(C(C)=O)ccc2NC(C)=O)cc1OC. The molecule has 0 aliphatic rings. The van der Waals surface area contributed by atoms with E-state index in [1.54, 1.807) is 44.6 Å². The Hall–Kier alpha value is -2.54. The lowest BCUT2D eigenvalue weighted by molar-refractivity contribution is -0.114. The molecule has 2 rings (SSSR count). The number of rotatable bonds is 7. The van der Waals surface area contributed by atoms with Crippen molar-refractivity contribution < 1.29 is 23.8 Å². The van der Waals surface area contributed by atoms with Gasteiger partial charge in [-0.15, -0.1) is 0 Å². The number of hydrogen-bond donors (Lipinski definition) is 1. The highest BCUT2D eigenvalue weighted by Gasteiger charge is 2.13. The number of hydrogen-bond acceptors (Lipinski definition) is 5. The molecule has 0 heterocycles. The van der Waals surface area contributed by atoms with Gasteiger partial charge < -0.3 is 19.5 Å². The molecule has 0 saturated carbocycles. The smallest absolute Gasteiger partial charge is 0.221 e. The maximum absolute atomic E-state index is 11.6. The molecule has 0 fully saturated rings. The predicted molar refractivity (Wildman–Crippen MR) is 102 cm³/mol. The Labute approximate surface area is 160 Å². The Balaban J connectivity index is 2.31. The molecule has 2 aromatic rings. The third kappa shape index (κ3) is 4.76. The van der Waals surface area contributed by atoms with Crippen LogP contribution in [-0.2, 0) is 11.4 Å². The second kappa shape index (κ2) is 8.71. The molecule has 2 aromatic carbocycles. The minimum absolute atomic E-state index is 0.0866. The zero-order chi connectivity index (χ0) is 19.3. The van der Waals surface area contributed by atoms with Crippen LogP contribution in [0.4, 0.5) is 5.69 Å². The molecule has 0 saturated heterocycles. The van der Waals surface area contributed by atoms with Gasteiger partial charge in [0.05, 0.1) is 19.9 Å². The van der Waals surface area contributed by atoms with Gasteiger partial charge in [-0.3, -0.25) is 9.59 Å². The standard InChI is InChI=1S/C19H20BrNO5/c1-11(22)13-5-6-16(21-12(2)23)17(7-13)26-10-14-8-18(24-3)19(25-4)9-15(14)20/h5-9H,10H2,1-4H3,(H,21,23). The maximum Gasteiger partial charge on any atom is 0.221 e. The van der Waals surface area contributed by atoms with Gasteiger partial charge in [0.15, 0.2) is 17.3 Å². The quantitative estimate of drug-likeness (QED) is 0.677. The molecule has 0 aromatic heterocycles. The van der Waals surface area contributed by atoms with Crippen molar-refractivity contribution in [2.24, 2.45) is 0 Å². The van der Waals surface area contributed by atoms with E-state index in [0.29, 0.717) is 28.5 Å². The molecular formula is C19H20BrNO5. The fraction of sp³-hybridized carbons (Fsp3) is 0.263. The van der Waals surface area contributed by atoms with Crippen LogP contribution in [0.3, 0.4) is 0 Å². The summed E-state index contributed by atoms with van der Waals surface area (Å²) in [6.07, 6.45) is 0. The van der Waals surface area contributed by atoms with Gasteiger partial charge in [-0.1, -0.05) is 15.9 Å². The average Bonchev–Trinajstić information content (AvgIpc) is 2.60. The molecule has 26 heavy (non-hydrogen) atoms. The molecular weight excluding hydrogens is 402 g/mol. The van der Waals surface area contributed by atoms with Crippen LogP contribution in [0.15, 0.2) is 34.8 Å². The van der Waals surface area contributed by atoms with E-state index in [9.17, 15) is 9.59 Å². The lowest BCUT2D eigenvalue weighted by atomic mass is 10.1. The zero-order valence-corrected chi connectivity index (χ0v) is 16.6. The fourth-order valence-electron chi connectivity index (χ4n) is 2.32. The first kappa shape index (κ1) is 19.8. The van der Waals surface area contributed by atoms with Gasteiger partial charge >= 0.3 is 0 Å². The van der Waals surface area contributed by atoms with Crippen LogP contribution >= 0.6 is 15.9 Å².